The maximum absolute atomic E-state index is 12.4. The van der Waals surface area contributed by atoms with Crippen LogP contribution in [0.25, 0.3) is 11.5 Å². The Labute approximate surface area is 176 Å². The number of esters is 1. The van der Waals surface area contributed by atoms with Gasteiger partial charge in [-0.2, -0.15) is 0 Å². The number of hydrogen-bond donors (Lipinski definition) is 0. The number of benzene rings is 1. The third kappa shape index (κ3) is 4.65. The average molecular weight is 432 g/mol. The number of carbonyl (C=O) groups is 2. The number of hydrogen-bond acceptors (Lipinski definition) is 7. The van der Waals surface area contributed by atoms with Crippen LogP contribution in [0.15, 0.2) is 46.2 Å². The molecule has 2 aromatic heterocycles. The van der Waals surface area contributed by atoms with Crippen molar-refractivity contribution in [1.82, 2.24) is 15.1 Å². The maximum atomic E-state index is 12.4. The van der Waals surface area contributed by atoms with Crippen molar-refractivity contribution in [3.8, 4) is 11.5 Å². The van der Waals surface area contributed by atoms with E-state index in [0.717, 1.165) is 10.4 Å². The van der Waals surface area contributed by atoms with Crippen LogP contribution in [0.2, 0.25) is 5.02 Å². The van der Waals surface area contributed by atoms with Crippen molar-refractivity contribution in [2.75, 3.05) is 13.1 Å². The second-order valence-corrected chi connectivity index (χ2v) is 8.04. The fourth-order valence-electron chi connectivity index (χ4n) is 3.15. The second-order valence-electron chi connectivity index (χ2n) is 6.66. The number of rotatable bonds is 5. The zero-order valence-electron chi connectivity index (χ0n) is 15.4. The average Bonchev–Trinajstić information content (AvgIpc) is 3.44. The van der Waals surface area contributed by atoms with Crippen LogP contribution in [0.3, 0.4) is 0 Å². The summed E-state index contributed by atoms with van der Waals surface area (Å²) in [5.74, 6) is 0.0506. The molecule has 0 N–H and O–H groups in total. The topological polar surface area (TPSA) is 85.5 Å². The molecule has 0 spiro atoms. The molecule has 0 saturated carbocycles. The Bertz CT molecular complexity index is 980. The molecule has 1 aromatic carbocycles. The normalized spacial score (nSPS) is 14.7. The Morgan fingerprint density at radius 1 is 1.17 bits per heavy atom. The third-order valence-electron chi connectivity index (χ3n) is 4.74. The number of piperidine rings is 1. The smallest absolute Gasteiger partial charge is 0.309 e. The van der Waals surface area contributed by atoms with Crippen molar-refractivity contribution >= 4 is 34.8 Å². The molecule has 1 aliphatic heterocycles. The molecule has 0 aliphatic carbocycles. The summed E-state index contributed by atoms with van der Waals surface area (Å²) in [6, 6.07) is 10.7. The summed E-state index contributed by atoms with van der Waals surface area (Å²) in [6.07, 6.45) is 1.16. The Balaban J connectivity index is 1.26. The lowest BCUT2D eigenvalue weighted by Crippen LogP contribution is -2.40. The summed E-state index contributed by atoms with van der Waals surface area (Å²) >= 11 is 7.30. The molecule has 9 heteroatoms. The Morgan fingerprint density at radius 3 is 2.62 bits per heavy atom. The fourth-order valence-corrected chi connectivity index (χ4v) is 3.96. The number of likely N-dealkylation sites (tertiary alicyclic amines) is 1. The molecule has 29 heavy (non-hydrogen) atoms. The predicted molar refractivity (Wildman–Crippen MR) is 107 cm³/mol. The van der Waals surface area contributed by atoms with E-state index in [4.69, 9.17) is 20.8 Å². The molecule has 3 heterocycles. The molecule has 0 unspecified atom stereocenters. The molecule has 0 atom stereocenters. The van der Waals surface area contributed by atoms with Crippen LogP contribution in [-0.2, 0) is 16.1 Å². The predicted octanol–water partition coefficient (Wildman–Crippen LogP) is 4.05. The number of ether oxygens (including phenoxy) is 1. The third-order valence-corrected chi connectivity index (χ3v) is 5.85. The fraction of sp³-hybridized carbons (Fsp3) is 0.300. The molecule has 1 fully saturated rings. The molecule has 1 aliphatic rings. The second kappa shape index (κ2) is 8.75. The minimum atomic E-state index is -0.306. The van der Waals surface area contributed by atoms with Crippen LogP contribution in [0.5, 0.6) is 0 Å². The molecule has 3 aromatic rings. The van der Waals surface area contributed by atoms with Crippen LogP contribution in [0.4, 0.5) is 0 Å². The van der Waals surface area contributed by atoms with E-state index >= 15 is 0 Å². The van der Waals surface area contributed by atoms with Crippen LogP contribution < -0.4 is 0 Å². The van der Waals surface area contributed by atoms with Gasteiger partial charge in [0.15, 0.2) is 6.61 Å². The van der Waals surface area contributed by atoms with Crippen LogP contribution in [0.1, 0.15) is 28.4 Å². The van der Waals surface area contributed by atoms with E-state index in [2.05, 4.69) is 10.2 Å². The minimum Gasteiger partial charge on any atom is -0.455 e. The van der Waals surface area contributed by atoms with E-state index in [-0.39, 0.29) is 30.3 Å². The van der Waals surface area contributed by atoms with Crippen molar-refractivity contribution in [1.29, 1.82) is 0 Å². The van der Waals surface area contributed by atoms with Crippen molar-refractivity contribution < 1.29 is 18.7 Å². The summed E-state index contributed by atoms with van der Waals surface area (Å²) in [4.78, 5) is 27.2. The van der Waals surface area contributed by atoms with Gasteiger partial charge in [0, 0.05) is 23.7 Å². The van der Waals surface area contributed by atoms with E-state index in [1.165, 1.54) is 11.3 Å². The number of halogens is 1. The Kier molecular flexibility index (Phi) is 5.92. The monoisotopic (exact) mass is 431 g/mol. The van der Waals surface area contributed by atoms with E-state index < -0.39 is 0 Å². The van der Waals surface area contributed by atoms with Crippen molar-refractivity contribution in [3.63, 3.8) is 0 Å². The zero-order valence-corrected chi connectivity index (χ0v) is 17.0. The number of aromatic nitrogens is 2. The standard InChI is InChI=1S/C20H18ClN3O4S/c21-15-5-3-13(4-6-15)18-23-22-17(28-18)12-27-20(26)14-7-9-24(10-8-14)19(25)16-2-1-11-29-16/h1-6,11,14H,7-10,12H2. The van der Waals surface area contributed by atoms with Crippen LogP contribution in [-0.4, -0.2) is 40.1 Å². The largest absolute Gasteiger partial charge is 0.455 e. The molecule has 0 bridgehead atoms. The summed E-state index contributed by atoms with van der Waals surface area (Å²) in [5.41, 5.74) is 0.738. The highest BCUT2D eigenvalue weighted by atomic mass is 35.5. The van der Waals surface area contributed by atoms with E-state index in [1.807, 2.05) is 17.5 Å². The van der Waals surface area contributed by atoms with Gasteiger partial charge >= 0.3 is 5.97 Å². The van der Waals surface area contributed by atoms with E-state index in [0.29, 0.717) is 36.8 Å². The van der Waals surface area contributed by atoms with Gasteiger partial charge in [0.2, 0.25) is 5.89 Å². The number of carbonyl (C=O) groups excluding carboxylic acids is 2. The maximum Gasteiger partial charge on any atom is 0.309 e. The quantitative estimate of drug-likeness (QED) is 0.566. The Morgan fingerprint density at radius 2 is 1.93 bits per heavy atom. The zero-order chi connectivity index (χ0) is 20.2. The number of nitrogens with zero attached hydrogens (tertiary/aromatic N) is 3. The molecule has 7 nitrogen and oxygen atoms in total. The highest BCUT2D eigenvalue weighted by Crippen LogP contribution is 2.23. The lowest BCUT2D eigenvalue weighted by Gasteiger charge is -2.30. The van der Waals surface area contributed by atoms with Gasteiger partial charge < -0.3 is 14.1 Å². The van der Waals surface area contributed by atoms with Gasteiger partial charge in [-0.3, -0.25) is 9.59 Å². The van der Waals surface area contributed by atoms with Gasteiger partial charge in [-0.15, -0.1) is 21.5 Å². The molecule has 150 valence electrons. The highest BCUT2D eigenvalue weighted by molar-refractivity contribution is 7.12. The molecule has 4 rings (SSSR count). The first-order valence-corrected chi connectivity index (χ1v) is 10.4. The molecule has 1 saturated heterocycles. The van der Waals surface area contributed by atoms with Crippen LogP contribution in [0, 0.1) is 5.92 Å². The number of amides is 1. The van der Waals surface area contributed by atoms with E-state index in [1.54, 1.807) is 29.2 Å². The van der Waals surface area contributed by atoms with E-state index in [9.17, 15) is 9.59 Å². The first-order chi connectivity index (χ1) is 14.1. The lowest BCUT2D eigenvalue weighted by atomic mass is 9.97. The molecular weight excluding hydrogens is 414 g/mol. The molecular formula is C20H18ClN3O4S. The summed E-state index contributed by atoms with van der Waals surface area (Å²) in [5, 5.41) is 10.4. The first-order valence-electron chi connectivity index (χ1n) is 9.18. The van der Waals surface area contributed by atoms with Crippen molar-refractivity contribution in [3.05, 3.63) is 57.6 Å². The van der Waals surface area contributed by atoms with Crippen molar-refractivity contribution in [2.45, 2.75) is 19.4 Å². The first kappa shape index (κ1) is 19.6. The lowest BCUT2D eigenvalue weighted by molar-refractivity contribution is -0.152. The molecule has 1 amide bonds. The van der Waals surface area contributed by atoms with Gasteiger partial charge in [0.05, 0.1) is 10.8 Å². The summed E-state index contributed by atoms with van der Waals surface area (Å²) in [7, 11) is 0. The van der Waals surface area contributed by atoms with Gasteiger partial charge in [0.1, 0.15) is 0 Å². The highest BCUT2D eigenvalue weighted by Gasteiger charge is 2.29. The summed E-state index contributed by atoms with van der Waals surface area (Å²) < 4.78 is 10.9. The minimum absolute atomic E-state index is 0.0207. The van der Waals surface area contributed by atoms with Gasteiger partial charge in [-0.05, 0) is 48.6 Å². The van der Waals surface area contributed by atoms with Crippen LogP contribution >= 0.6 is 22.9 Å². The molecule has 0 radical (unpaired) electrons. The number of thiophene rings is 1. The van der Waals surface area contributed by atoms with Gasteiger partial charge in [0.25, 0.3) is 11.8 Å². The summed E-state index contributed by atoms with van der Waals surface area (Å²) in [6.45, 7) is 1.00. The van der Waals surface area contributed by atoms with Gasteiger partial charge in [-0.25, -0.2) is 0 Å². The SMILES string of the molecule is O=C(OCc1nnc(-c2ccc(Cl)cc2)o1)C1CCN(C(=O)c2cccs2)CC1. The Hall–Kier alpha value is -2.71. The van der Waals surface area contributed by atoms with Crippen molar-refractivity contribution in [2.24, 2.45) is 5.92 Å². The van der Waals surface area contributed by atoms with Gasteiger partial charge in [-0.1, -0.05) is 17.7 Å².